The number of fused-ring (bicyclic) bond motifs is 1. The molecule has 2 heterocycles. The Morgan fingerprint density at radius 3 is 2.80 bits per heavy atom. The van der Waals surface area contributed by atoms with Crippen LogP contribution >= 0.6 is 11.6 Å². The van der Waals surface area contributed by atoms with E-state index in [0.717, 1.165) is 9.54 Å². The lowest BCUT2D eigenvalue weighted by atomic mass is 9.91. The molecular weight excluding hydrogens is 428 g/mol. The van der Waals surface area contributed by atoms with Gasteiger partial charge in [-0.15, -0.1) is 0 Å². The third kappa shape index (κ3) is 3.10. The van der Waals surface area contributed by atoms with Crippen molar-refractivity contribution in [2.75, 3.05) is 0 Å². The average molecular weight is 445 g/mol. The van der Waals surface area contributed by atoms with Crippen LogP contribution in [0.1, 0.15) is 24.6 Å². The zero-order valence-corrected chi connectivity index (χ0v) is 17.7. The first-order valence-corrected chi connectivity index (χ1v) is 10.8. The fourth-order valence-corrected chi connectivity index (χ4v) is 5.50. The Morgan fingerprint density at radius 1 is 1.30 bits per heavy atom. The predicted octanol–water partition coefficient (Wildman–Crippen LogP) is 4.28. The summed E-state index contributed by atoms with van der Waals surface area (Å²) in [6, 6.07) is 6.03. The predicted molar refractivity (Wildman–Crippen MR) is 115 cm³/mol. The van der Waals surface area contributed by atoms with Crippen molar-refractivity contribution in [1.29, 1.82) is 0 Å². The lowest BCUT2D eigenvalue weighted by molar-refractivity contribution is -0.383. The summed E-state index contributed by atoms with van der Waals surface area (Å²) in [7, 11) is -4.06. The molecular formula is C20H17ClN4O4S. The molecule has 1 atom stereocenters. The minimum atomic E-state index is -4.06. The smallest absolute Gasteiger partial charge is 0.258 e. The molecule has 8 nitrogen and oxygen atoms in total. The van der Waals surface area contributed by atoms with Crippen molar-refractivity contribution < 1.29 is 13.3 Å². The maximum atomic E-state index is 13.7. The molecule has 0 saturated heterocycles. The van der Waals surface area contributed by atoms with Gasteiger partial charge in [0, 0.05) is 23.8 Å². The summed E-state index contributed by atoms with van der Waals surface area (Å²) in [5, 5.41) is 12.1. The van der Waals surface area contributed by atoms with E-state index in [-0.39, 0.29) is 22.9 Å². The number of non-ortho nitro benzene ring substituents is 1. The minimum Gasteiger partial charge on any atom is -0.258 e. The third-order valence-corrected chi connectivity index (χ3v) is 7.70. The number of benzene rings is 1. The first kappa shape index (κ1) is 20.2. The lowest BCUT2D eigenvalue weighted by Gasteiger charge is -2.30. The van der Waals surface area contributed by atoms with Crippen molar-refractivity contribution in [1.82, 2.24) is 13.9 Å². The first-order chi connectivity index (χ1) is 14.1. The number of nitro groups is 1. The summed E-state index contributed by atoms with van der Waals surface area (Å²) >= 11 is 5.94. The van der Waals surface area contributed by atoms with E-state index in [2.05, 4.69) is 9.97 Å². The van der Waals surface area contributed by atoms with Gasteiger partial charge in [-0.3, -0.25) is 10.1 Å². The van der Waals surface area contributed by atoms with Crippen LogP contribution in [0.4, 0.5) is 5.69 Å². The van der Waals surface area contributed by atoms with Crippen LogP contribution < -0.4 is 0 Å². The molecule has 1 unspecified atom stereocenters. The summed E-state index contributed by atoms with van der Waals surface area (Å²) in [6.45, 7) is 3.41. The Labute approximate surface area is 177 Å². The Kier molecular flexibility index (Phi) is 4.74. The first-order valence-electron chi connectivity index (χ1n) is 9.01. The summed E-state index contributed by atoms with van der Waals surface area (Å²) < 4.78 is 27.0. The number of nitro benzene ring substituents is 1. The van der Waals surface area contributed by atoms with Gasteiger partial charge in [-0.25, -0.2) is 22.4 Å². The highest BCUT2D eigenvalue weighted by atomic mass is 35.5. The number of hydrogen-bond acceptors (Lipinski definition) is 6. The lowest BCUT2D eigenvalue weighted by Crippen LogP contribution is -2.38. The Balaban J connectivity index is 1.84. The van der Waals surface area contributed by atoms with Gasteiger partial charge in [0.2, 0.25) is 15.3 Å². The molecule has 0 radical (unpaired) electrons. The molecule has 1 aliphatic rings. The highest BCUT2D eigenvalue weighted by molar-refractivity contribution is 7.91. The van der Waals surface area contributed by atoms with Gasteiger partial charge in [0.15, 0.2) is 0 Å². The second kappa shape index (κ2) is 7.03. The molecule has 0 saturated carbocycles. The molecule has 0 amide bonds. The van der Waals surface area contributed by atoms with Gasteiger partial charge in [-0.2, -0.15) is 0 Å². The number of para-hydroxylation sites is 1. The van der Waals surface area contributed by atoms with Crippen LogP contribution in [-0.2, 0) is 10.0 Å². The van der Waals surface area contributed by atoms with E-state index in [1.807, 2.05) is 6.92 Å². The van der Waals surface area contributed by atoms with E-state index in [9.17, 15) is 18.5 Å². The molecule has 1 aliphatic carbocycles. The van der Waals surface area contributed by atoms with Crippen LogP contribution in [0.2, 0.25) is 5.28 Å². The zero-order chi connectivity index (χ0) is 21.7. The number of allylic oxidation sites excluding steroid dienone is 3. The van der Waals surface area contributed by atoms with Gasteiger partial charge in [-0.1, -0.05) is 30.4 Å². The van der Waals surface area contributed by atoms with E-state index in [1.165, 1.54) is 18.3 Å². The van der Waals surface area contributed by atoms with Gasteiger partial charge < -0.3 is 0 Å². The van der Waals surface area contributed by atoms with Gasteiger partial charge >= 0.3 is 0 Å². The quantitative estimate of drug-likeness (QED) is 0.337. The monoisotopic (exact) mass is 444 g/mol. The van der Waals surface area contributed by atoms with E-state index in [0.29, 0.717) is 16.7 Å². The zero-order valence-electron chi connectivity index (χ0n) is 16.1. The molecule has 1 aromatic carbocycles. The molecule has 0 N–H and O–H groups in total. The fraction of sp³-hybridized carbons (Fsp3) is 0.200. The molecule has 10 heteroatoms. The number of rotatable bonds is 4. The van der Waals surface area contributed by atoms with E-state index in [1.54, 1.807) is 43.5 Å². The number of halogens is 1. The topological polar surface area (TPSA) is 108 Å². The third-order valence-electron chi connectivity index (χ3n) is 5.23. The minimum absolute atomic E-state index is 0.0505. The molecule has 3 aromatic rings. The maximum absolute atomic E-state index is 13.7. The van der Waals surface area contributed by atoms with Crippen LogP contribution in [-0.4, -0.2) is 32.0 Å². The Morgan fingerprint density at radius 2 is 2.07 bits per heavy atom. The van der Waals surface area contributed by atoms with Crippen molar-refractivity contribution in [3.05, 3.63) is 81.5 Å². The van der Waals surface area contributed by atoms with E-state index >= 15 is 0 Å². The molecule has 0 bridgehead atoms. The van der Waals surface area contributed by atoms with E-state index in [4.69, 9.17) is 11.6 Å². The normalized spacial score (nSPS) is 19.1. The van der Waals surface area contributed by atoms with Gasteiger partial charge in [0.05, 0.1) is 10.6 Å². The number of hydrogen-bond donors (Lipinski definition) is 0. The number of aryl methyl sites for hydroxylation is 1. The van der Waals surface area contributed by atoms with Crippen LogP contribution in [0.5, 0.6) is 0 Å². The second-order valence-electron chi connectivity index (χ2n) is 7.30. The molecule has 0 fully saturated rings. The molecule has 30 heavy (non-hydrogen) atoms. The van der Waals surface area contributed by atoms with E-state index < -0.39 is 19.7 Å². The van der Waals surface area contributed by atoms with Crippen molar-refractivity contribution >= 4 is 43.8 Å². The van der Waals surface area contributed by atoms with Crippen molar-refractivity contribution in [2.45, 2.75) is 25.0 Å². The largest absolute Gasteiger partial charge is 0.294 e. The van der Waals surface area contributed by atoms with Crippen molar-refractivity contribution in [2.24, 2.45) is 0 Å². The standard InChI is InChI=1S/C20H17ClN4O4S/c1-13-12-22-19(21)23-17(13)15-6-4-9-20(2,11-15)30(28,29)24-10-8-14-5-3-7-16(18(14)24)25(26)27/h3-10,12H,11H2,1-2H3. The maximum Gasteiger partial charge on any atom is 0.294 e. The highest BCUT2D eigenvalue weighted by Crippen LogP contribution is 2.39. The summed E-state index contributed by atoms with van der Waals surface area (Å²) in [5.41, 5.74) is 1.82. The van der Waals surface area contributed by atoms with Gasteiger partial charge in [-0.05, 0) is 49.1 Å². The summed E-state index contributed by atoms with van der Waals surface area (Å²) in [5.74, 6) is 0. The SMILES string of the molecule is Cc1cnc(Cl)nc1C1=CC=CC(C)(S(=O)(=O)n2ccc3cccc([N+](=O)[O-])c32)C1. The number of aromatic nitrogens is 3. The molecule has 154 valence electrons. The van der Waals surface area contributed by atoms with Crippen LogP contribution in [0.15, 0.2) is 54.9 Å². The highest BCUT2D eigenvalue weighted by Gasteiger charge is 2.42. The van der Waals surface area contributed by atoms with Crippen molar-refractivity contribution in [3.63, 3.8) is 0 Å². The van der Waals surface area contributed by atoms with Crippen LogP contribution in [0.25, 0.3) is 16.5 Å². The van der Waals surface area contributed by atoms with Crippen LogP contribution in [0.3, 0.4) is 0 Å². The molecule has 4 rings (SSSR count). The second-order valence-corrected chi connectivity index (χ2v) is 9.91. The molecule has 2 aromatic heterocycles. The average Bonchev–Trinajstić information content (AvgIpc) is 3.14. The van der Waals surface area contributed by atoms with Crippen molar-refractivity contribution in [3.8, 4) is 0 Å². The molecule has 0 spiro atoms. The van der Waals surface area contributed by atoms with Gasteiger partial charge in [0.1, 0.15) is 10.3 Å². The summed E-state index contributed by atoms with van der Waals surface area (Å²) in [6.07, 6.45) is 8.10. The Hall–Kier alpha value is -3.04. The number of nitrogens with zero attached hydrogens (tertiary/aromatic N) is 4. The van der Waals surface area contributed by atoms with Crippen LogP contribution in [0, 0.1) is 17.0 Å². The Bertz CT molecular complexity index is 1360. The molecule has 0 aliphatic heterocycles. The summed E-state index contributed by atoms with van der Waals surface area (Å²) in [4.78, 5) is 19.1. The van der Waals surface area contributed by atoms with Gasteiger partial charge in [0.25, 0.3) is 5.69 Å². The fourth-order valence-electron chi connectivity index (χ4n) is 3.67.